The Kier molecular flexibility index (Phi) is 9.96. The second-order valence-electron chi connectivity index (χ2n) is 12.8. The molecule has 0 saturated carbocycles. The van der Waals surface area contributed by atoms with E-state index in [9.17, 15) is 0 Å². The number of rotatable bonds is 3. The van der Waals surface area contributed by atoms with Crippen molar-refractivity contribution in [1.29, 1.82) is 0 Å². The van der Waals surface area contributed by atoms with Crippen molar-refractivity contribution in [3.63, 3.8) is 0 Å². The van der Waals surface area contributed by atoms with Gasteiger partial charge in [0.1, 0.15) is 0 Å². The van der Waals surface area contributed by atoms with Crippen LogP contribution in [0.5, 0.6) is 0 Å². The van der Waals surface area contributed by atoms with Gasteiger partial charge in [0.05, 0.1) is 0 Å². The predicted octanol–water partition coefficient (Wildman–Crippen LogP) is 14.5. The fraction of sp³-hybridized carbons (Fsp3) is 0.0612. The van der Waals surface area contributed by atoms with E-state index in [1.807, 2.05) is 35.6 Å². The molecule has 0 radical (unpaired) electrons. The van der Waals surface area contributed by atoms with Gasteiger partial charge in [-0.3, -0.25) is 0 Å². The number of aryl methyl sites for hydroxylation is 3. The number of thiophene rings is 1. The first-order chi connectivity index (χ1) is 24.5. The van der Waals surface area contributed by atoms with Crippen LogP contribution in [0.1, 0.15) is 16.7 Å². The van der Waals surface area contributed by atoms with E-state index in [0.29, 0.717) is 0 Å². The molecule has 0 aliphatic carbocycles. The Balaban J connectivity index is 0.000000160. The van der Waals surface area contributed by atoms with Crippen LogP contribution >= 0.6 is 11.3 Å². The van der Waals surface area contributed by atoms with Gasteiger partial charge in [-0.1, -0.05) is 193 Å². The van der Waals surface area contributed by atoms with Crippen LogP contribution in [-0.4, -0.2) is 0 Å². The summed E-state index contributed by atoms with van der Waals surface area (Å²) in [5, 5.41) is 5.37. The van der Waals surface area contributed by atoms with Crippen LogP contribution in [0, 0.1) is 20.8 Å². The second-order valence-corrected chi connectivity index (χ2v) is 13.8. The molecule has 50 heavy (non-hydrogen) atoms. The molecule has 1 aromatic heterocycles. The average Bonchev–Trinajstić information content (AvgIpc) is 3.56. The summed E-state index contributed by atoms with van der Waals surface area (Å²) in [4.78, 5) is 0. The smallest absolute Gasteiger partial charge is 0.0434 e. The Morgan fingerprint density at radius 1 is 0.340 bits per heavy atom. The van der Waals surface area contributed by atoms with Gasteiger partial charge in [0.2, 0.25) is 0 Å². The van der Waals surface area contributed by atoms with Crippen LogP contribution in [0.25, 0.3) is 64.3 Å². The van der Waals surface area contributed by atoms with Gasteiger partial charge in [0.15, 0.2) is 0 Å². The Hall–Kier alpha value is -5.76. The molecule has 8 aromatic carbocycles. The molecule has 0 nitrogen and oxygen atoms in total. The van der Waals surface area contributed by atoms with Crippen molar-refractivity contribution < 1.29 is 0 Å². The van der Waals surface area contributed by atoms with E-state index in [4.69, 9.17) is 0 Å². The molecule has 0 atom stereocenters. The van der Waals surface area contributed by atoms with Gasteiger partial charge in [-0.15, -0.1) is 11.3 Å². The summed E-state index contributed by atoms with van der Waals surface area (Å²) in [5.74, 6) is 0. The third-order valence-electron chi connectivity index (χ3n) is 9.01. The SMILES string of the molecule is Cc1ccc(-c2ccccc2)cc1.Cc1cccc(-c2cccc(-c3cccc4c3sc3ccc5ccccc5c34)c2)c1.Cc1ccccc1. The van der Waals surface area contributed by atoms with E-state index in [1.54, 1.807) is 0 Å². The van der Waals surface area contributed by atoms with Crippen LogP contribution in [-0.2, 0) is 0 Å². The number of benzene rings is 8. The molecule has 1 heteroatoms. The summed E-state index contributed by atoms with van der Waals surface area (Å²) in [7, 11) is 0. The van der Waals surface area contributed by atoms with Crippen molar-refractivity contribution in [3.8, 4) is 33.4 Å². The maximum atomic E-state index is 2.33. The summed E-state index contributed by atoms with van der Waals surface area (Å²) in [6.07, 6.45) is 0. The quantitative estimate of drug-likeness (QED) is 0.177. The van der Waals surface area contributed by atoms with Gasteiger partial charge in [-0.2, -0.15) is 0 Å². The predicted molar refractivity (Wildman–Crippen MR) is 220 cm³/mol. The lowest BCUT2D eigenvalue weighted by atomic mass is 9.96. The van der Waals surface area contributed by atoms with Crippen LogP contribution in [0.3, 0.4) is 0 Å². The Bertz CT molecular complexity index is 2490. The minimum Gasteiger partial charge on any atom is -0.135 e. The topological polar surface area (TPSA) is 0 Å². The molecular weight excluding hydrogens is 621 g/mol. The van der Waals surface area contributed by atoms with Crippen molar-refractivity contribution >= 4 is 42.3 Å². The van der Waals surface area contributed by atoms with E-state index >= 15 is 0 Å². The van der Waals surface area contributed by atoms with Gasteiger partial charge in [0.25, 0.3) is 0 Å². The normalized spacial score (nSPS) is 10.7. The molecule has 9 rings (SSSR count). The number of fused-ring (bicyclic) bond motifs is 5. The molecule has 0 saturated heterocycles. The van der Waals surface area contributed by atoms with Crippen molar-refractivity contribution in [2.24, 2.45) is 0 Å². The van der Waals surface area contributed by atoms with Crippen LogP contribution in [0.2, 0.25) is 0 Å². The van der Waals surface area contributed by atoms with Crippen LogP contribution in [0.15, 0.2) is 188 Å². The van der Waals surface area contributed by atoms with Gasteiger partial charge in [-0.25, -0.2) is 0 Å². The second kappa shape index (κ2) is 15.2. The molecule has 9 aromatic rings. The highest BCUT2D eigenvalue weighted by Crippen LogP contribution is 2.43. The highest BCUT2D eigenvalue weighted by Gasteiger charge is 2.13. The van der Waals surface area contributed by atoms with E-state index in [2.05, 4.69) is 185 Å². The third kappa shape index (κ3) is 7.44. The fourth-order valence-electron chi connectivity index (χ4n) is 6.40. The van der Waals surface area contributed by atoms with E-state index in [0.717, 1.165) is 0 Å². The van der Waals surface area contributed by atoms with E-state index in [1.165, 1.54) is 81.0 Å². The summed E-state index contributed by atoms with van der Waals surface area (Å²) in [5.41, 5.74) is 11.6. The standard InChI is InChI=1S/C29H20S.C13H12.C7H8/c1-19-7-4-9-21(17-19)22-10-5-11-23(18-22)25-13-6-14-26-28-24-12-3-2-8-20(24)15-16-27(28)30-29(25)26;1-11-7-9-13(10-8-11)12-5-3-2-4-6-12;1-7-5-3-2-4-6-7/h2-18H,1H3;2-10H,1H3;2-6H,1H3. The molecule has 1 heterocycles. The maximum absolute atomic E-state index is 2.33. The summed E-state index contributed by atoms with van der Waals surface area (Å²) < 4.78 is 2.72. The Morgan fingerprint density at radius 3 is 1.60 bits per heavy atom. The molecule has 0 aliphatic heterocycles. The Labute approximate surface area is 300 Å². The summed E-state index contributed by atoms with van der Waals surface area (Å²) in [6.45, 7) is 6.34. The first-order valence-electron chi connectivity index (χ1n) is 17.2. The molecule has 0 amide bonds. The Morgan fingerprint density at radius 2 is 0.880 bits per heavy atom. The van der Waals surface area contributed by atoms with Gasteiger partial charge in [-0.05, 0) is 77.1 Å². The minimum atomic E-state index is 1.26. The highest BCUT2D eigenvalue weighted by molar-refractivity contribution is 7.26. The summed E-state index contributed by atoms with van der Waals surface area (Å²) >= 11 is 1.90. The number of hydrogen-bond donors (Lipinski definition) is 0. The lowest BCUT2D eigenvalue weighted by molar-refractivity contribution is 1.47. The van der Waals surface area contributed by atoms with Crippen LogP contribution in [0.4, 0.5) is 0 Å². The molecule has 0 unspecified atom stereocenters. The lowest BCUT2D eigenvalue weighted by Crippen LogP contribution is -1.83. The molecule has 0 aliphatic rings. The first kappa shape index (κ1) is 32.8. The van der Waals surface area contributed by atoms with E-state index in [-0.39, 0.29) is 0 Å². The van der Waals surface area contributed by atoms with Gasteiger partial charge < -0.3 is 0 Å². The molecular formula is C49H40S. The third-order valence-corrected chi connectivity index (χ3v) is 10.2. The molecule has 0 fully saturated rings. The van der Waals surface area contributed by atoms with Gasteiger partial charge >= 0.3 is 0 Å². The molecule has 0 bridgehead atoms. The van der Waals surface area contributed by atoms with Crippen molar-refractivity contribution in [1.82, 2.24) is 0 Å². The molecule has 242 valence electrons. The van der Waals surface area contributed by atoms with E-state index < -0.39 is 0 Å². The first-order valence-corrected chi connectivity index (χ1v) is 18.0. The molecule has 0 spiro atoms. The zero-order chi connectivity index (χ0) is 34.3. The van der Waals surface area contributed by atoms with Crippen molar-refractivity contribution in [3.05, 3.63) is 205 Å². The minimum absolute atomic E-state index is 1.26. The average molecular weight is 661 g/mol. The van der Waals surface area contributed by atoms with Crippen molar-refractivity contribution in [2.45, 2.75) is 20.8 Å². The van der Waals surface area contributed by atoms with Gasteiger partial charge in [0, 0.05) is 20.2 Å². The largest absolute Gasteiger partial charge is 0.135 e. The fourth-order valence-corrected chi connectivity index (χ4v) is 7.65. The highest BCUT2D eigenvalue weighted by atomic mass is 32.1. The summed E-state index contributed by atoms with van der Waals surface area (Å²) in [6, 6.07) is 66.9. The monoisotopic (exact) mass is 660 g/mol. The number of hydrogen-bond acceptors (Lipinski definition) is 1. The lowest BCUT2D eigenvalue weighted by Gasteiger charge is -2.08. The van der Waals surface area contributed by atoms with Crippen LogP contribution < -0.4 is 0 Å². The zero-order valence-corrected chi connectivity index (χ0v) is 29.6. The molecule has 0 N–H and O–H groups in total. The van der Waals surface area contributed by atoms with Crippen molar-refractivity contribution in [2.75, 3.05) is 0 Å². The maximum Gasteiger partial charge on any atom is 0.0434 e. The zero-order valence-electron chi connectivity index (χ0n) is 28.8.